The van der Waals surface area contributed by atoms with Gasteiger partial charge in [-0.05, 0) is 41.5 Å². The molecule has 27 heavy (non-hydrogen) atoms. The second-order valence-corrected chi connectivity index (χ2v) is 6.07. The van der Waals surface area contributed by atoms with Crippen molar-refractivity contribution in [2.75, 3.05) is 7.11 Å². The summed E-state index contributed by atoms with van der Waals surface area (Å²) in [6.07, 6.45) is 0. The van der Waals surface area contributed by atoms with Crippen molar-refractivity contribution in [2.24, 2.45) is 0 Å². The van der Waals surface area contributed by atoms with Gasteiger partial charge in [0.05, 0.1) is 18.1 Å². The first-order valence-electron chi connectivity index (χ1n) is 8.37. The topological polar surface area (TPSA) is 87.2 Å². The smallest absolute Gasteiger partial charge is 0.274 e. The Kier molecular flexibility index (Phi) is 4.32. The number of amides is 1. The van der Waals surface area contributed by atoms with Gasteiger partial charge in [0, 0.05) is 11.1 Å². The number of hydrogen-bond donors (Lipinski definition) is 3. The first-order chi connectivity index (χ1) is 13.2. The van der Waals surface area contributed by atoms with Gasteiger partial charge in [0.2, 0.25) is 0 Å². The predicted molar refractivity (Wildman–Crippen MR) is 103 cm³/mol. The van der Waals surface area contributed by atoms with E-state index in [4.69, 9.17) is 9.94 Å². The summed E-state index contributed by atoms with van der Waals surface area (Å²) in [6.45, 7) is 0. The largest absolute Gasteiger partial charge is 0.497 e. The van der Waals surface area contributed by atoms with Crippen LogP contribution in [0, 0.1) is 0 Å². The van der Waals surface area contributed by atoms with E-state index in [1.54, 1.807) is 30.8 Å². The van der Waals surface area contributed by atoms with Gasteiger partial charge in [-0.3, -0.25) is 10.0 Å². The lowest BCUT2D eigenvalue weighted by molar-refractivity contribution is 0.0706. The van der Waals surface area contributed by atoms with Crippen molar-refractivity contribution in [3.63, 3.8) is 0 Å². The Morgan fingerprint density at radius 3 is 2.52 bits per heavy atom. The fourth-order valence-corrected chi connectivity index (χ4v) is 2.98. The van der Waals surface area contributed by atoms with E-state index in [9.17, 15) is 4.79 Å². The Hall–Kier alpha value is -3.64. The average Bonchev–Trinajstić information content (AvgIpc) is 3.16. The molecule has 0 aliphatic rings. The zero-order valence-electron chi connectivity index (χ0n) is 14.6. The number of nitrogens with one attached hydrogen (secondary N) is 2. The van der Waals surface area contributed by atoms with Gasteiger partial charge in [-0.25, -0.2) is 10.5 Å². The molecular formula is C21H17N3O3. The lowest BCUT2D eigenvalue weighted by Gasteiger charge is -2.05. The van der Waals surface area contributed by atoms with Crippen LogP contribution in [0.25, 0.3) is 33.5 Å². The number of aromatic amines is 1. The number of imidazole rings is 1. The van der Waals surface area contributed by atoms with Crippen LogP contribution in [0.5, 0.6) is 5.75 Å². The van der Waals surface area contributed by atoms with Gasteiger partial charge in [-0.1, -0.05) is 36.4 Å². The normalized spacial score (nSPS) is 10.7. The summed E-state index contributed by atoms with van der Waals surface area (Å²) in [5.41, 5.74) is 6.55. The lowest BCUT2D eigenvalue weighted by Crippen LogP contribution is -2.18. The Morgan fingerprint density at radius 1 is 1.00 bits per heavy atom. The molecule has 1 amide bonds. The molecule has 0 spiro atoms. The second kappa shape index (κ2) is 6.93. The summed E-state index contributed by atoms with van der Waals surface area (Å²) >= 11 is 0. The van der Waals surface area contributed by atoms with Crippen LogP contribution >= 0.6 is 0 Å². The number of benzene rings is 3. The molecule has 0 saturated carbocycles. The van der Waals surface area contributed by atoms with Crippen LogP contribution in [-0.4, -0.2) is 28.2 Å². The number of hydroxylamine groups is 1. The van der Waals surface area contributed by atoms with Crippen molar-refractivity contribution in [3.8, 4) is 28.3 Å². The first-order valence-corrected chi connectivity index (χ1v) is 8.37. The van der Waals surface area contributed by atoms with Crippen LogP contribution in [0.3, 0.4) is 0 Å². The number of nitrogens with zero attached hydrogens (tertiary/aromatic N) is 1. The minimum absolute atomic E-state index is 0.355. The SMILES string of the molecule is COc1cccc(-c2ccc(-c3nc4ccc(C(=O)NO)cc4[nH]3)cc2)c1. The van der Waals surface area contributed by atoms with Crippen LogP contribution in [0.4, 0.5) is 0 Å². The molecule has 134 valence electrons. The summed E-state index contributed by atoms with van der Waals surface area (Å²) < 4.78 is 5.28. The van der Waals surface area contributed by atoms with E-state index in [2.05, 4.69) is 9.97 Å². The molecule has 4 rings (SSSR count). The van der Waals surface area contributed by atoms with Gasteiger partial charge < -0.3 is 9.72 Å². The Bertz CT molecular complexity index is 1120. The minimum atomic E-state index is -0.560. The molecule has 6 heteroatoms. The third kappa shape index (κ3) is 3.26. The molecule has 0 atom stereocenters. The minimum Gasteiger partial charge on any atom is -0.497 e. The first kappa shape index (κ1) is 16.8. The van der Waals surface area contributed by atoms with E-state index in [0.717, 1.165) is 33.5 Å². The maximum atomic E-state index is 11.5. The molecule has 0 saturated heterocycles. The Morgan fingerprint density at radius 2 is 1.78 bits per heavy atom. The number of aromatic nitrogens is 2. The van der Waals surface area contributed by atoms with E-state index in [-0.39, 0.29) is 0 Å². The van der Waals surface area contributed by atoms with Crippen LogP contribution in [0.1, 0.15) is 10.4 Å². The maximum absolute atomic E-state index is 11.5. The molecule has 3 aromatic carbocycles. The standard InChI is InChI=1S/C21H17N3O3/c1-27-17-4-2-3-15(11-17)13-5-7-14(8-6-13)20-22-18-10-9-16(21(25)24-26)12-19(18)23-20/h2-12,26H,1H3,(H,22,23)(H,24,25). The molecule has 0 aliphatic carbocycles. The highest BCUT2D eigenvalue weighted by molar-refractivity contribution is 5.97. The monoisotopic (exact) mass is 359 g/mol. The number of rotatable bonds is 4. The third-order valence-corrected chi connectivity index (χ3v) is 4.41. The van der Waals surface area contributed by atoms with Gasteiger partial charge in [0.1, 0.15) is 11.6 Å². The highest BCUT2D eigenvalue weighted by atomic mass is 16.5. The molecule has 1 aromatic heterocycles. The van der Waals surface area contributed by atoms with E-state index in [0.29, 0.717) is 11.4 Å². The van der Waals surface area contributed by atoms with Gasteiger partial charge in [0.15, 0.2) is 0 Å². The van der Waals surface area contributed by atoms with Crippen molar-refractivity contribution < 1.29 is 14.7 Å². The van der Waals surface area contributed by atoms with Crippen molar-refractivity contribution >= 4 is 16.9 Å². The predicted octanol–water partition coefficient (Wildman–Crippen LogP) is 4.02. The van der Waals surface area contributed by atoms with E-state index < -0.39 is 5.91 Å². The quantitative estimate of drug-likeness (QED) is 0.379. The second-order valence-electron chi connectivity index (χ2n) is 6.07. The third-order valence-electron chi connectivity index (χ3n) is 4.41. The van der Waals surface area contributed by atoms with Gasteiger partial charge in [0.25, 0.3) is 5.91 Å². The number of ether oxygens (including phenoxy) is 1. The van der Waals surface area contributed by atoms with Gasteiger partial charge in [-0.2, -0.15) is 0 Å². The van der Waals surface area contributed by atoms with E-state index in [1.807, 2.05) is 48.5 Å². The van der Waals surface area contributed by atoms with Crippen LogP contribution in [0.15, 0.2) is 66.7 Å². The molecule has 0 fully saturated rings. The molecule has 0 unspecified atom stereocenters. The zero-order chi connectivity index (χ0) is 18.8. The van der Waals surface area contributed by atoms with Crippen molar-refractivity contribution in [2.45, 2.75) is 0 Å². The van der Waals surface area contributed by atoms with Crippen LogP contribution in [-0.2, 0) is 0 Å². The van der Waals surface area contributed by atoms with Crippen LogP contribution < -0.4 is 10.2 Å². The summed E-state index contributed by atoms with van der Waals surface area (Å²) in [5.74, 6) is 0.969. The number of fused-ring (bicyclic) bond motifs is 1. The summed E-state index contributed by atoms with van der Waals surface area (Å²) in [5, 5.41) is 8.76. The molecule has 1 heterocycles. The number of carbonyl (C=O) groups excluding carboxylic acids is 1. The summed E-state index contributed by atoms with van der Waals surface area (Å²) in [6, 6.07) is 21.0. The number of methoxy groups -OCH3 is 1. The summed E-state index contributed by atoms with van der Waals surface area (Å²) in [7, 11) is 1.65. The molecule has 0 bridgehead atoms. The maximum Gasteiger partial charge on any atom is 0.274 e. The van der Waals surface area contributed by atoms with E-state index >= 15 is 0 Å². The van der Waals surface area contributed by atoms with Crippen molar-refractivity contribution in [1.29, 1.82) is 0 Å². The van der Waals surface area contributed by atoms with E-state index in [1.165, 1.54) is 0 Å². The van der Waals surface area contributed by atoms with Crippen molar-refractivity contribution in [1.82, 2.24) is 15.4 Å². The number of H-pyrrole nitrogens is 1. The molecule has 0 radical (unpaired) electrons. The van der Waals surface area contributed by atoms with Crippen LogP contribution in [0.2, 0.25) is 0 Å². The highest BCUT2D eigenvalue weighted by Crippen LogP contribution is 2.27. The molecule has 0 aliphatic heterocycles. The molecular weight excluding hydrogens is 342 g/mol. The molecule has 6 nitrogen and oxygen atoms in total. The fraction of sp³-hybridized carbons (Fsp3) is 0.0476. The average molecular weight is 359 g/mol. The van der Waals surface area contributed by atoms with Gasteiger partial charge >= 0.3 is 0 Å². The Labute approximate surface area is 155 Å². The molecule has 4 aromatic rings. The van der Waals surface area contributed by atoms with Crippen molar-refractivity contribution in [3.05, 3.63) is 72.3 Å². The Balaban J connectivity index is 1.66. The number of hydrogen-bond acceptors (Lipinski definition) is 4. The van der Waals surface area contributed by atoms with Gasteiger partial charge in [-0.15, -0.1) is 0 Å². The highest BCUT2D eigenvalue weighted by Gasteiger charge is 2.10. The molecule has 3 N–H and O–H groups in total. The fourth-order valence-electron chi connectivity index (χ4n) is 2.98. The number of carbonyl (C=O) groups is 1. The lowest BCUT2D eigenvalue weighted by atomic mass is 10.0. The zero-order valence-corrected chi connectivity index (χ0v) is 14.6. The summed E-state index contributed by atoms with van der Waals surface area (Å²) in [4.78, 5) is 19.3.